The lowest BCUT2D eigenvalue weighted by Crippen LogP contribution is -2.30. The zero-order valence-corrected chi connectivity index (χ0v) is 18.3. The topological polar surface area (TPSA) is 21.7 Å². The van der Waals surface area contributed by atoms with Gasteiger partial charge in [0.05, 0.1) is 24.4 Å². The highest BCUT2D eigenvalue weighted by Crippen LogP contribution is 2.31. The summed E-state index contributed by atoms with van der Waals surface area (Å²) in [5, 5.41) is 0. The molecule has 2 fully saturated rings. The maximum atomic E-state index is 5.82. The Hall–Kier alpha value is -0.120. The molecule has 25 heavy (non-hydrogen) atoms. The van der Waals surface area contributed by atoms with E-state index in [9.17, 15) is 0 Å². The summed E-state index contributed by atoms with van der Waals surface area (Å²) < 4.78 is 11.6. The summed E-state index contributed by atoms with van der Waals surface area (Å²) in [4.78, 5) is 2.48. The van der Waals surface area contributed by atoms with Crippen molar-refractivity contribution in [2.24, 2.45) is 11.8 Å². The molecule has 1 unspecified atom stereocenters. The van der Waals surface area contributed by atoms with Gasteiger partial charge < -0.3 is 9.47 Å². The van der Waals surface area contributed by atoms with Crippen molar-refractivity contribution in [1.82, 2.24) is 4.90 Å². The molecule has 0 aromatic rings. The molecule has 0 bridgehead atoms. The molecule has 0 aromatic heterocycles. The van der Waals surface area contributed by atoms with Crippen LogP contribution >= 0.6 is 0 Å². The van der Waals surface area contributed by atoms with E-state index in [0.717, 1.165) is 18.4 Å². The van der Waals surface area contributed by atoms with Gasteiger partial charge in [0.1, 0.15) is 0 Å². The Balaban J connectivity index is 0.000000251. The molecule has 1 saturated heterocycles. The van der Waals surface area contributed by atoms with Gasteiger partial charge in [-0.15, -0.1) is 0 Å². The number of hydrogen-bond acceptors (Lipinski definition) is 3. The van der Waals surface area contributed by atoms with Crippen LogP contribution in [0.25, 0.3) is 0 Å². The Morgan fingerprint density at radius 3 is 1.60 bits per heavy atom. The average molecular weight is 356 g/mol. The van der Waals surface area contributed by atoms with Crippen LogP contribution in [-0.4, -0.2) is 48.4 Å². The molecule has 150 valence electrons. The van der Waals surface area contributed by atoms with Gasteiger partial charge in [0.25, 0.3) is 0 Å². The molecule has 0 spiro atoms. The molecule has 0 radical (unpaired) electrons. The van der Waals surface area contributed by atoms with Crippen molar-refractivity contribution in [1.29, 1.82) is 0 Å². The van der Waals surface area contributed by atoms with Crippen LogP contribution in [0.2, 0.25) is 0 Å². The molecule has 3 nitrogen and oxygen atoms in total. The zero-order valence-electron chi connectivity index (χ0n) is 18.3. The first-order valence-electron chi connectivity index (χ1n) is 10.7. The van der Waals surface area contributed by atoms with Gasteiger partial charge >= 0.3 is 0 Å². The van der Waals surface area contributed by atoms with E-state index in [1.165, 1.54) is 38.6 Å². The van der Waals surface area contributed by atoms with Crippen molar-refractivity contribution in [2.45, 2.75) is 118 Å². The highest BCUT2D eigenvalue weighted by molar-refractivity contribution is 4.78. The molecule has 0 N–H and O–H groups in total. The van der Waals surface area contributed by atoms with E-state index in [1.807, 2.05) is 0 Å². The van der Waals surface area contributed by atoms with Crippen LogP contribution in [0.4, 0.5) is 0 Å². The van der Waals surface area contributed by atoms with Gasteiger partial charge in [0.2, 0.25) is 0 Å². The van der Waals surface area contributed by atoms with Crippen LogP contribution in [0.5, 0.6) is 0 Å². The molecule has 1 aliphatic carbocycles. The van der Waals surface area contributed by atoms with Crippen molar-refractivity contribution in [3.05, 3.63) is 0 Å². The third kappa shape index (κ3) is 9.40. The summed E-state index contributed by atoms with van der Waals surface area (Å²) in [6, 6.07) is 0.672. The molecule has 1 saturated carbocycles. The second-order valence-corrected chi connectivity index (χ2v) is 9.15. The number of rotatable bonds is 6. The van der Waals surface area contributed by atoms with Crippen LogP contribution in [0.3, 0.4) is 0 Å². The molecule has 3 heteroatoms. The largest absolute Gasteiger partial charge is 0.376 e. The Morgan fingerprint density at radius 1 is 0.680 bits per heavy atom. The highest BCUT2D eigenvalue weighted by Gasteiger charge is 2.25. The van der Waals surface area contributed by atoms with Crippen LogP contribution in [0.1, 0.15) is 87.5 Å². The van der Waals surface area contributed by atoms with Gasteiger partial charge in [-0.3, -0.25) is 4.90 Å². The van der Waals surface area contributed by atoms with Gasteiger partial charge in [-0.25, -0.2) is 0 Å². The first kappa shape index (κ1) is 22.9. The maximum Gasteiger partial charge on any atom is 0.0717 e. The van der Waals surface area contributed by atoms with E-state index in [-0.39, 0.29) is 0 Å². The normalized spacial score (nSPS) is 28.1. The van der Waals surface area contributed by atoms with Gasteiger partial charge in [-0.2, -0.15) is 0 Å². The quantitative estimate of drug-likeness (QED) is 0.626. The van der Waals surface area contributed by atoms with E-state index in [0.29, 0.717) is 30.5 Å². The van der Waals surface area contributed by atoms with E-state index in [2.05, 4.69) is 60.3 Å². The van der Waals surface area contributed by atoms with Crippen molar-refractivity contribution in [3.8, 4) is 0 Å². The summed E-state index contributed by atoms with van der Waals surface area (Å²) in [5.74, 6) is 1.81. The van der Waals surface area contributed by atoms with E-state index < -0.39 is 0 Å². The van der Waals surface area contributed by atoms with Crippen LogP contribution in [-0.2, 0) is 9.47 Å². The molecular formula is C22H45NO2. The van der Waals surface area contributed by atoms with Gasteiger partial charge in [0, 0.05) is 19.1 Å². The van der Waals surface area contributed by atoms with Gasteiger partial charge in [-0.1, -0.05) is 13.8 Å². The summed E-state index contributed by atoms with van der Waals surface area (Å²) in [6.07, 6.45) is 8.31. The second kappa shape index (κ2) is 11.6. The Kier molecular flexibility index (Phi) is 10.6. The minimum absolute atomic E-state index is 0.377. The fourth-order valence-electron chi connectivity index (χ4n) is 4.00. The monoisotopic (exact) mass is 355 g/mol. The predicted octanol–water partition coefficient (Wildman–Crippen LogP) is 5.52. The van der Waals surface area contributed by atoms with Crippen LogP contribution < -0.4 is 0 Å². The van der Waals surface area contributed by atoms with Gasteiger partial charge in [0.15, 0.2) is 0 Å². The fourth-order valence-corrected chi connectivity index (χ4v) is 4.00. The summed E-state index contributed by atoms with van der Waals surface area (Å²) >= 11 is 0. The van der Waals surface area contributed by atoms with Crippen molar-refractivity contribution < 1.29 is 9.47 Å². The Morgan fingerprint density at radius 2 is 1.20 bits per heavy atom. The number of hydrogen-bond donors (Lipinski definition) is 0. The molecule has 0 aromatic carbocycles. The lowest BCUT2D eigenvalue weighted by molar-refractivity contribution is -0.0230. The summed E-state index contributed by atoms with van der Waals surface area (Å²) in [7, 11) is 0. The first-order valence-corrected chi connectivity index (χ1v) is 10.7. The van der Waals surface area contributed by atoms with Crippen molar-refractivity contribution in [2.75, 3.05) is 13.1 Å². The summed E-state index contributed by atoms with van der Waals surface area (Å²) in [6.45, 7) is 20.0. The minimum Gasteiger partial charge on any atom is -0.376 e. The molecule has 0 amide bonds. The fraction of sp³-hybridized carbons (Fsp3) is 1.00. The van der Waals surface area contributed by atoms with E-state index >= 15 is 0 Å². The Bertz CT molecular complexity index is 333. The van der Waals surface area contributed by atoms with Crippen LogP contribution in [0, 0.1) is 11.8 Å². The third-order valence-corrected chi connectivity index (χ3v) is 5.50. The standard InChI is InChI=1S/C12H24O.C10H21NO/c1-9(2)11-5-7-12(8-6-11)13-10(3)4;1-8(2)11-6-5-10(7-11)12-9(3)4/h9-12H,5-8H2,1-4H3;8-10H,5-7H2,1-4H3. The lowest BCUT2D eigenvalue weighted by Gasteiger charge is -2.31. The number of ether oxygens (including phenoxy) is 2. The second-order valence-electron chi connectivity index (χ2n) is 9.15. The zero-order chi connectivity index (χ0) is 19.0. The van der Waals surface area contributed by atoms with Crippen molar-refractivity contribution >= 4 is 0 Å². The Labute approximate surface area is 157 Å². The summed E-state index contributed by atoms with van der Waals surface area (Å²) in [5.41, 5.74) is 0. The maximum absolute atomic E-state index is 5.82. The smallest absolute Gasteiger partial charge is 0.0717 e. The minimum atomic E-state index is 0.377. The average Bonchev–Trinajstić information content (AvgIpc) is 2.96. The molecule has 1 atom stereocenters. The molecular weight excluding hydrogens is 310 g/mol. The molecule has 2 rings (SSSR count). The van der Waals surface area contributed by atoms with Crippen molar-refractivity contribution in [3.63, 3.8) is 0 Å². The molecule has 2 aliphatic rings. The SMILES string of the molecule is CC(C)OC1CCC(C(C)C)CC1.CC(C)OC1CCN(C(C)C)C1. The van der Waals surface area contributed by atoms with E-state index in [4.69, 9.17) is 9.47 Å². The molecule has 1 aliphatic heterocycles. The number of nitrogens with zero attached hydrogens (tertiary/aromatic N) is 1. The predicted molar refractivity (Wildman–Crippen MR) is 108 cm³/mol. The van der Waals surface area contributed by atoms with E-state index in [1.54, 1.807) is 0 Å². The van der Waals surface area contributed by atoms with Crippen LogP contribution in [0.15, 0.2) is 0 Å². The highest BCUT2D eigenvalue weighted by atomic mass is 16.5. The third-order valence-electron chi connectivity index (χ3n) is 5.50. The lowest BCUT2D eigenvalue weighted by atomic mass is 9.80. The van der Waals surface area contributed by atoms with Gasteiger partial charge in [-0.05, 0) is 85.5 Å². The molecule has 1 heterocycles. The first-order chi connectivity index (χ1) is 11.7. The number of likely N-dealkylation sites (tertiary alicyclic amines) is 1.